The van der Waals surface area contributed by atoms with Gasteiger partial charge in [0.05, 0.1) is 23.3 Å². The molecule has 0 aliphatic heterocycles. The van der Waals surface area contributed by atoms with Crippen molar-refractivity contribution in [3.8, 4) is 11.5 Å². The summed E-state index contributed by atoms with van der Waals surface area (Å²) < 4.78 is 74.3. The van der Waals surface area contributed by atoms with Crippen molar-refractivity contribution in [1.29, 1.82) is 0 Å². The first-order chi connectivity index (χ1) is 16.5. The summed E-state index contributed by atoms with van der Waals surface area (Å²) in [4.78, 5) is 12.5. The minimum absolute atomic E-state index is 0.00534. The van der Waals surface area contributed by atoms with Crippen molar-refractivity contribution in [3.63, 3.8) is 0 Å². The first kappa shape index (κ1) is 26.4. The molecule has 0 bridgehead atoms. The molecule has 3 rings (SSSR count). The van der Waals surface area contributed by atoms with E-state index in [1.54, 1.807) is 25.3 Å². The van der Waals surface area contributed by atoms with Crippen molar-refractivity contribution < 1.29 is 35.9 Å². The van der Waals surface area contributed by atoms with Crippen LogP contribution in [0, 0.1) is 0 Å². The van der Waals surface area contributed by atoms with Gasteiger partial charge in [-0.1, -0.05) is 28.1 Å². The summed E-state index contributed by atoms with van der Waals surface area (Å²) in [5, 5.41) is 2.75. The first-order valence-electron chi connectivity index (χ1n) is 10.1. The van der Waals surface area contributed by atoms with Gasteiger partial charge in [-0.25, -0.2) is 8.42 Å². The summed E-state index contributed by atoms with van der Waals surface area (Å²) in [6.45, 7) is 0.296. The van der Waals surface area contributed by atoms with Crippen LogP contribution < -0.4 is 19.5 Å². The number of sulfonamides is 1. The molecular formula is C23H20BrF3N2O5S. The van der Waals surface area contributed by atoms with E-state index in [0.29, 0.717) is 23.2 Å². The summed E-state index contributed by atoms with van der Waals surface area (Å²) in [7, 11) is -2.64. The number of methoxy groups -OCH3 is 1. The van der Waals surface area contributed by atoms with Gasteiger partial charge >= 0.3 is 6.36 Å². The quantitative estimate of drug-likeness (QED) is 0.371. The van der Waals surface area contributed by atoms with Crippen LogP contribution in [0.1, 0.15) is 15.9 Å². The molecule has 0 heterocycles. The van der Waals surface area contributed by atoms with Crippen LogP contribution in [0.4, 0.5) is 18.9 Å². The first-order valence-corrected chi connectivity index (χ1v) is 12.3. The number of anilines is 1. The van der Waals surface area contributed by atoms with Gasteiger partial charge in [-0.2, -0.15) is 0 Å². The molecule has 3 aromatic carbocycles. The van der Waals surface area contributed by atoms with Gasteiger partial charge in [0.2, 0.25) is 0 Å². The van der Waals surface area contributed by atoms with Gasteiger partial charge in [0.25, 0.3) is 15.9 Å². The standard InChI is InChI=1S/C23H20BrF3N2O5S/c1-33-17-5-2-15(3-6-17)12-13-28-22(30)20-14-16(24)4-11-21(20)29-35(31,32)19-9-7-18(8-10-19)34-23(25,26)27/h2-11,14,29H,12-13H2,1H3,(H,28,30). The third-order valence-corrected chi connectivity index (χ3v) is 6.57. The Morgan fingerprint density at radius 3 is 2.20 bits per heavy atom. The largest absolute Gasteiger partial charge is 0.573 e. The normalized spacial score (nSPS) is 11.6. The molecule has 3 aromatic rings. The molecule has 186 valence electrons. The number of benzene rings is 3. The lowest BCUT2D eigenvalue weighted by atomic mass is 10.1. The van der Waals surface area contributed by atoms with Gasteiger partial charge in [-0.15, -0.1) is 13.2 Å². The molecule has 0 aliphatic rings. The molecule has 0 fully saturated rings. The van der Waals surface area contributed by atoms with E-state index in [2.05, 4.69) is 30.7 Å². The molecule has 12 heteroatoms. The van der Waals surface area contributed by atoms with E-state index in [-0.39, 0.29) is 16.1 Å². The highest BCUT2D eigenvalue weighted by Gasteiger charge is 2.31. The van der Waals surface area contributed by atoms with Crippen molar-refractivity contribution in [2.24, 2.45) is 0 Å². The van der Waals surface area contributed by atoms with E-state index in [1.807, 2.05) is 12.1 Å². The highest BCUT2D eigenvalue weighted by Crippen LogP contribution is 2.27. The van der Waals surface area contributed by atoms with Gasteiger partial charge in [0, 0.05) is 11.0 Å². The Labute approximate surface area is 208 Å². The number of amides is 1. The Morgan fingerprint density at radius 1 is 0.971 bits per heavy atom. The molecule has 1 amide bonds. The number of rotatable bonds is 9. The average Bonchev–Trinajstić information content (AvgIpc) is 2.80. The summed E-state index contributed by atoms with van der Waals surface area (Å²) in [6.07, 6.45) is -4.36. The number of carbonyl (C=O) groups is 1. The van der Waals surface area contributed by atoms with Crippen LogP contribution in [-0.2, 0) is 16.4 Å². The molecule has 0 saturated carbocycles. The third-order valence-electron chi connectivity index (χ3n) is 4.70. The lowest BCUT2D eigenvalue weighted by Crippen LogP contribution is -2.27. The van der Waals surface area contributed by atoms with E-state index >= 15 is 0 Å². The Morgan fingerprint density at radius 2 is 1.60 bits per heavy atom. The van der Waals surface area contributed by atoms with Crippen molar-refractivity contribution in [1.82, 2.24) is 5.32 Å². The van der Waals surface area contributed by atoms with E-state index in [4.69, 9.17) is 4.74 Å². The van der Waals surface area contributed by atoms with Gasteiger partial charge in [-0.3, -0.25) is 9.52 Å². The zero-order chi connectivity index (χ0) is 25.6. The maximum absolute atomic E-state index is 12.8. The van der Waals surface area contributed by atoms with Crippen LogP contribution in [0.25, 0.3) is 0 Å². The lowest BCUT2D eigenvalue weighted by molar-refractivity contribution is -0.274. The molecule has 0 aromatic heterocycles. The second-order valence-corrected chi connectivity index (χ2v) is 9.77. The molecule has 2 N–H and O–H groups in total. The van der Waals surface area contributed by atoms with Crippen molar-refractivity contribution in [2.45, 2.75) is 17.7 Å². The highest BCUT2D eigenvalue weighted by atomic mass is 79.9. The molecule has 0 atom stereocenters. The number of hydrogen-bond donors (Lipinski definition) is 2. The third kappa shape index (κ3) is 7.62. The summed E-state index contributed by atoms with van der Waals surface area (Å²) in [6, 6.07) is 15.5. The average molecular weight is 573 g/mol. The van der Waals surface area contributed by atoms with E-state index in [9.17, 15) is 26.4 Å². The van der Waals surface area contributed by atoms with Gasteiger partial charge < -0.3 is 14.8 Å². The van der Waals surface area contributed by atoms with Crippen LogP contribution in [0.3, 0.4) is 0 Å². The molecular weight excluding hydrogens is 553 g/mol. The van der Waals surface area contributed by atoms with Gasteiger partial charge in [0.1, 0.15) is 11.5 Å². The predicted molar refractivity (Wildman–Crippen MR) is 127 cm³/mol. The Balaban J connectivity index is 1.71. The number of hydrogen-bond acceptors (Lipinski definition) is 5. The molecule has 0 spiro atoms. The minimum Gasteiger partial charge on any atom is -0.497 e. The maximum Gasteiger partial charge on any atom is 0.573 e. The van der Waals surface area contributed by atoms with Crippen molar-refractivity contribution in [2.75, 3.05) is 18.4 Å². The summed E-state index contributed by atoms with van der Waals surface area (Å²) in [5.74, 6) is -0.352. The van der Waals surface area contributed by atoms with E-state index < -0.39 is 28.0 Å². The number of halogens is 4. The zero-order valence-corrected chi connectivity index (χ0v) is 20.6. The topological polar surface area (TPSA) is 93.7 Å². The lowest BCUT2D eigenvalue weighted by Gasteiger charge is -2.14. The fourth-order valence-corrected chi connectivity index (χ4v) is 4.47. The summed E-state index contributed by atoms with van der Waals surface area (Å²) >= 11 is 3.26. The fourth-order valence-electron chi connectivity index (χ4n) is 3.03. The Kier molecular flexibility index (Phi) is 8.28. The Bertz CT molecular complexity index is 1280. The fraction of sp³-hybridized carbons (Fsp3) is 0.174. The second kappa shape index (κ2) is 11.0. The van der Waals surface area contributed by atoms with Crippen molar-refractivity contribution >= 4 is 37.5 Å². The minimum atomic E-state index is -4.90. The summed E-state index contributed by atoms with van der Waals surface area (Å²) in [5.41, 5.74) is 1.04. The van der Waals surface area contributed by atoms with Gasteiger partial charge in [0.15, 0.2) is 0 Å². The SMILES string of the molecule is COc1ccc(CCNC(=O)c2cc(Br)ccc2NS(=O)(=O)c2ccc(OC(F)(F)F)cc2)cc1. The van der Waals surface area contributed by atoms with Crippen LogP contribution in [0.2, 0.25) is 0 Å². The second-order valence-electron chi connectivity index (χ2n) is 7.17. The Hall–Kier alpha value is -3.25. The number of alkyl halides is 3. The number of ether oxygens (including phenoxy) is 2. The molecule has 0 unspecified atom stereocenters. The van der Waals surface area contributed by atoms with Crippen LogP contribution in [-0.4, -0.2) is 34.3 Å². The molecule has 35 heavy (non-hydrogen) atoms. The zero-order valence-electron chi connectivity index (χ0n) is 18.2. The van der Waals surface area contributed by atoms with Crippen LogP contribution in [0.15, 0.2) is 76.1 Å². The van der Waals surface area contributed by atoms with E-state index in [0.717, 1.165) is 29.8 Å². The number of carbonyl (C=O) groups excluding carboxylic acids is 1. The molecule has 0 aliphatic carbocycles. The van der Waals surface area contributed by atoms with Gasteiger partial charge in [-0.05, 0) is 66.6 Å². The number of nitrogens with one attached hydrogen (secondary N) is 2. The van der Waals surface area contributed by atoms with Crippen LogP contribution in [0.5, 0.6) is 11.5 Å². The van der Waals surface area contributed by atoms with Crippen molar-refractivity contribution in [3.05, 3.63) is 82.3 Å². The molecule has 7 nitrogen and oxygen atoms in total. The molecule has 0 radical (unpaired) electrons. The van der Waals surface area contributed by atoms with E-state index in [1.165, 1.54) is 12.1 Å². The maximum atomic E-state index is 12.8. The highest BCUT2D eigenvalue weighted by molar-refractivity contribution is 9.10. The smallest absolute Gasteiger partial charge is 0.497 e. The monoisotopic (exact) mass is 572 g/mol. The predicted octanol–water partition coefficient (Wildman–Crippen LogP) is 5.13. The molecule has 0 saturated heterocycles. The van der Waals surface area contributed by atoms with Crippen LogP contribution >= 0.6 is 15.9 Å².